The highest BCUT2D eigenvalue weighted by atomic mass is 32.2. The van der Waals surface area contributed by atoms with Crippen molar-refractivity contribution in [3.8, 4) is 5.75 Å². The van der Waals surface area contributed by atoms with E-state index < -0.39 is 10.0 Å². The van der Waals surface area contributed by atoms with Gasteiger partial charge in [0.1, 0.15) is 11.3 Å². The summed E-state index contributed by atoms with van der Waals surface area (Å²) in [5.41, 5.74) is 1.11. The van der Waals surface area contributed by atoms with Crippen LogP contribution in [0.3, 0.4) is 0 Å². The zero-order chi connectivity index (χ0) is 28.1. The molecule has 1 saturated carbocycles. The average Bonchev–Trinajstić information content (AvgIpc) is 3.65. The highest BCUT2D eigenvalue weighted by molar-refractivity contribution is 7.89. The maximum atomic E-state index is 13.9. The van der Waals surface area contributed by atoms with Crippen molar-refractivity contribution in [1.82, 2.24) is 19.1 Å². The molecule has 5 rings (SSSR count). The molecule has 2 heterocycles. The Bertz CT molecular complexity index is 1530. The number of rotatable bonds is 11. The first-order valence-corrected chi connectivity index (χ1v) is 16.1. The molecule has 0 N–H and O–H groups in total. The molecule has 0 atom stereocenters. The number of carbonyl (C=O) groups is 1. The van der Waals surface area contributed by atoms with Crippen molar-refractivity contribution in [2.24, 2.45) is 0 Å². The largest absolute Gasteiger partial charge is 0.492 e. The van der Waals surface area contributed by atoms with Crippen LogP contribution in [0.25, 0.3) is 10.2 Å². The SMILES string of the molecule is CCOc1cccc2sc(N(CCn3cccn3)C(=O)c3ccc(S(=O)(=O)N(CC)C4CCCCC4)cc3)nc12. The van der Waals surface area contributed by atoms with Crippen molar-refractivity contribution in [2.45, 2.75) is 63.4 Å². The minimum absolute atomic E-state index is 0.0310. The van der Waals surface area contributed by atoms with E-state index in [9.17, 15) is 13.2 Å². The quantitative estimate of drug-likeness (QED) is 0.229. The van der Waals surface area contributed by atoms with Gasteiger partial charge < -0.3 is 4.74 Å². The molecule has 2 aromatic carbocycles. The van der Waals surface area contributed by atoms with Crippen LogP contribution >= 0.6 is 11.3 Å². The highest BCUT2D eigenvalue weighted by Crippen LogP contribution is 2.35. The number of hydrogen-bond acceptors (Lipinski definition) is 7. The molecule has 1 aliphatic rings. The summed E-state index contributed by atoms with van der Waals surface area (Å²) in [4.78, 5) is 20.5. The summed E-state index contributed by atoms with van der Waals surface area (Å²) < 4.78 is 37.1. The lowest BCUT2D eigenvalue weighted by atomic mass is 9.95. The van der Waals surface area contributed by atoms with Gasteiger partial charge in [-0.2, -0.15) is 9.40 Å². The van der Waals surface area contributed by atoms with Gasteiger partial charge in [-0.1, -0.05) is 43.6 Å². The predicted octanol–water partition coefficient (Wildman–Crippen LogP) is 5.58. The third-order valence-electron chi connectivity index (χ3n) is 7.26. The molecule has 1 aliphatic carbocycles. The van der Waals surface area contributed by atoms with E-state index in [1.165, 1.54) is 11.3 Å². The van der Waals surface area contributed by atoms with Gasteiger partial charge in [-0.05, 0) is 62.2 Å². The van der Waals surface area contributed by atoms with Crippen LogP contribution in [-0.2, 0) is 16.6 Å². The van der Waals surface area contributed by atoms with E-state index in [0.717, 1.165) is 36.8 Å². The third-order valence-corrected chi connectivity index (χ3v) is 10.3. The summed E-state index contributed by atoms with van der Waals surface area (Å²) in [6.07, 6.45) is 8.59. The molecule has 4 aromatic rings. The molecule has 1 amide bonds. The summed E-state index contributed by atoms with van der Waals surface area (Å²) in [7, 11) is -3.66. The molecule has 0 saturated heterocycles. The van der Waals surface area contributed by atoms with Gasteiger partial charge in [0, 0.05) is 37.1 Å². The minimum Gasteiger partial charge on any atom is -0.492 e. The van der Waals surface area contributed by atoms with Crippen molar-refractivity contribution in [1.29, 1.82) is 0 Å². The Balaban J connectivity index is 1.43. The maximum Gasteiger partial charge on any atom is 0.260 e. The summed E-state index contributed by atoms with van der Waals surface area (Å²) >= 11 is 1.42. The van der Waals surface area contributed by atoms with Gasteiger partial charge in [-0.3, -0.25) is 14.4 Å². The van der Waals surface area contributed by atoms with E-state index in [0.29, 0.717) is 48.2 Å². The zero-order valence-electron chi connectivity index (χ0n) is 22.9. The number of sulfonamides is 1. The highest BCUT2D eigenvalue weighted by Gasteiger charge is 2.31. The van der Waals surface area contributed by atoms with Crippen LogP contribution in [0.4, 0.5) is 5.13 Å². The fourth-order valence-corrected chi connectivity index (χ4v) is 7.97. The number of nitrogens with zero attached hydrogens (tertiary/aromatic N) is 5. The number of thiazole rings is 1. The summed E-state index contributed by atoms with van der Waals surface area (Å²) in [5, 5.41) is 4.81. The molecule has 0 aliphatic heterocycles. The Morgan fingerprint density at radius 3 is 2.52 bits per heavy atom. The number of fused-ring (bicyclic) bond motifs is 1. The summed E-state index contributed by atoms with van der Waals surface area (Å²) in [6.45, 7) is 5.57. The Morgan fingerprint density at radius 2 is 1.85 bits per heavy atom. The smallest absolute Gasteiger partial charge is 0.260 e. The Morgan fingerprint density at radius 1 is 1.07 bits per heavy atom. The van der Waals surface area contributed by atoms with Gasteiger partial charge in [0.05, 0.1) is 22.7 Å². The van der Waals surface area contributed by atoms with Crippen molar-refractivity contribution >= 4 is 42.6 Å². The number of benzene rings is 2. The molecular weight excluding hydrogens is 546 g/mol. The standard InChI is InChI=1S/C29H35N5O4S2/c1-3-34(23-10-6-5-7-11-23)40(36,37)24-16-14-22(15-17-24)28(35)33(21-20-32-19-9-18-30-32)29-31-27-25(38-4-2)12-8-13-26(27)39-29/h8-9,12-19,23H,3-7,10-11,20-21H2,1-2H3. The van der Waals surface area contributed by atoms with Gasteiger partial charge in [0.2, 0.25) is 10.0 Å². The van der Waals surface area contributed by atoms with E-state index in [2.05, 4.69) is 5.10 Å². The molecule has 0 unspecified atom stereocenters. The maximum absolute atomic E-state index is 13.9. The number of ether oxygens (including phenoxy) is 1. The number of carbonyl (C=O) groups excluding carboxylic acids is 1. The molecule has 11 heteroatoms. The van der Waals surface area contributed by atoms with Crippen LogP contribution in [0.5, 0.6) is 5.75 Å². The monoisotopic (exact) mass is 581 g/mol. The van der Waals surface area contributed by atoms with Crippen LogP contribution in [-0.4, -0.2) is 59.1 Å². The first-order chi connectivity index (χ1) is 19.4. The first-order valence-electron chi connectivity index (χ1n) is 13.9. The lowest BCUT2D eigenvalue weighted by Gasteiger charge is -2.32. The topological polar surface area (TPSA) is 97.6 Å². The molecule has 2 aromatic heterocycles. The van der Waals surface area contributed by atoms with Crippen LogP contribution < -0.4 is 9.64 Å². The predicted molar refractivity (Wildman–Crippen MR) is 158 cm³/mol. The molecule has 0 radical (unpaired) electrons. The van der Waals surface area contributed by atoms with Gasteiger partial charge >= 0.3 is 0 Å². The second-order valence-corrected chi connectivity index (χ2v) is 12.7. The lowest BCUT2D eigenvalue weighted by molar-refractivity contribution is 0.0985. The minimum atomic E-state index is -3.66. The van der Waals surface area contributed by atoms with E-state index in [-0.39, 0.29) is 16.8 Å². The van der Waals surface area contributed by atoms with E-state index in [1.54, 1.807) is 44.3 Å². The number of aromatic nitrogens is 3. The normalized spacial score (nSPS) is 14.6. The van der Waals surface area contributed by atoms with Crippen molar-refractivity contribution in [3.63, 3.8) is 0 Å². The zero-order valence-corrected chi connectivity index (χ0v) is 24.5. The molecular formula is C29H35N5O4S2. The van der Waals surface area contributed by atoms with E-state index >= 15 is 0 Å². The Labute approximate surface area is 239 Å². The van der Waals surface area contributed by atoms with E-state index in [4.69, 9.17) is 9.72 Å². The number of anilines is 1. The molecule has 0 spiro atoms. The molecule has 212 valence electrons. The lowest BCUT2D eigenvalue weighted by Crippen LogP contribution is -2.41. The Hall–Kier alpha value is -3.28. The number of para-hydroxylation sites is 1. The number of amides is 1. The number of hydrogen-bond donors (Lipinski definition) is 0. The molecule has 9 nitrogen and oxygen atoms in total. The second kappa shape index (κ2) is 12.5. The molecule has 40 heavy (non-hydrogen) atoms. The van der Waals surface area contributed by atoms with Gasteiger partial charge in [0.15, 0.2) is 5.13 Å². The first kappa shape index (κ1) is 28.3. The van der Waals surface area contributed by atoms with Crippen molar-refractivity contribution in [3.05, 3.63) is 66.5 Å². The van der Waals surface area contributed by atoms with E-state index in [1.807, 2.05) is 44.3 Å². The summed E-state index contributed by atoms with van der Waals surface area (Å²) in [5.74, 6) is 0.419. The van der Waals surface area contributed by atoms with Gasteiger partial charge in [-0.25, -0.2) is 13.4 Å². The van der Waals surface area contributed by atoms with Gasteiger partial charge in [0.25, 0.3) is 5.91 Å². The second-order valence-electron chi connectivity index (χ2n) is 9.78. The van der Waals surface area contributed by atoms with Crippen LogP contribution in [0.15, 0.2) is 65.8 Å². The molecule has 0 bridgehead atoms. The van der Waals surface area contributed by atoms with Gasteiger partial charge in [-0.15, -0.1) is 0 Å². The molecule has 1 fully saturated rings. The fraction of sp³-hybridized carbons (Fsp3) is 0.414. The Kier molecular flexibility index (Phi) is 8.82. The van der Waals surface area contributed by atoms with Crippen LogP contribution in [0.1, 0.15) is 56.3 Å². The third kappa shape index (κ3) is 5.91. The summed E-state index contributed by atoms with van der Waals surface area (Å²) in [6, 6.07) is 13.9. The van der Waals surface area contributed by atoms with Crippen molar-refractivity contribution in [2.75, 3.05) is 24.6 Å². The fourth-order valence-electron chi connectivity index (χ4n) is 5.27. The van der Waals surface area contributed by atoms with Crippen LogP contribution in [0.2, 0.25) is 0 Å². The van der Waals surface area contributed by atoms with Crippen LogP contribution in [0, 0.1) is 0 Å². The average molecular weight is 582 g/mol. The van der Waals surface area contributed by atoms with Crippen molar-refractivity contribution < 1.29 is 17.9 Å².